The molecule has 1 saturated heterocycles. The highest BCUT2D eigenvalue weighted by Crippen LogP contribution is 2.35. The van der Waals surface area contributed by atoms with E-state index < -0.39 is 10.0 Å². The fourth-order valence-corrected chi connectivity index (χ4v) is 5.35. The summed E-state index contributed by atoms with van der Waals surface area (Å²) in [4.78, 5) is 19.3. The summed E-state index contributed by atoms with van der Waals surface area (Å²) in [6, 6.07) is 3.94. The summed E-state index contributed by atoms with van der Waals surface area (Å²) in [6.45, 7) is 3.83. The Morgan fingerprint density at radius 3 is 2.79 bits per heavy atom. The standard InChI is InChI=1S/C19H27N5O3S/c1-21(7-8-22-6-5-20-14-22)12-16-3-4-18-17-9-15(11-24(18)19(16)25)10-23(13-17)28(2,26)27/h3-6,14-15,17H,7-13H2,1-2H3/t15-,17+/m0/s1. The fourth-order valence-electron chi connectivity index (χ4n) is 4.41. The smallest absolute Gasteiger partial charge is 0.255 e. The third kappa shape index (κ3) is 3.92. The van der Waals surface area contributed by atoms with Crippen molar-refractivity contribution in [2.45, 2.75) is 32.0 Å². The summed E-state index contributed by atoms with van der Waals surface area (Å²) in [5.74, 6) is 0.302. The highest BCUT2D eigenvalue weighted by molar-refractivity contribution is 7.88. The molecule has 0 aliphatic carbocycles. The molecular formula is C19H27N5O3S. The largest absolute Gasteiger partial charge is 0.336 e. The third-order valence-electron chi connectivity index (χ3n) is 5.86. The lowest BCUT2D eigenvalue weighted by atomic mass is 9.84. The minimum atomic E-state index is -3.20. The number of sulfonamides is 1. The van der Waals surface area contributed by atoms with Crippen LogP contribution in [0.5, 0.6) is 0 Å². The summed E-state index contributed by atoms with van der Waals surface area (Å²) < 4.78 is 29.4. The molecule has 152 valence electrons. The van der Waals surface area contributed by atoms with E-state index in [0.717, 1.165) is 30.8 Å². The van der Waals surface area contributed by atoms with Crippen LogP contribution in [0.15, 0.2) is 35.6 Å². The summed E-state index contributed by atoms with van der Waals surface area (Å²) in [7, 11) is -1.18. The first kappa shape index (κ1) is 19.4. The van der Waals surface area contributed by atoms with E-state index in [1.807, 2.05) is 34.5 Å². The Labute approximate surface area is 165 Å². The van der Waals surface area contributed by atoms with E-state index in [0.29, 0.717) is 26.2 Å². The van der Waals surface area contributed by atoms with Crippen molar-refractivity contribution in [1.82, 2.24) is 23.3 Å². The molecule has 2 aliphatic rings. The Balaban J connectivity index is 1.50. The van der Waals surface area contributed by atoms with Crippen molar-refractivity contribution in [1.29, 1.82) is 0 Å². The minimum absolute atomic E-state index is 0.0643. The fraction of sp³-hybridized carbons (Fsp3) is 0.579. The Morgan fingerprint density at radius 2 is 2.07 bits per heavy atom. The van der Waals surface area contributed by atoms with Gasteiger partial charge in [-0.3, -0.25) is 4.79 Å². The monoisotopic (exact) mass is 405 g/mol. The SMILES string of the molecule is CN(CCn1ccnc1)Cc1ccc2n(c1=O)C[C@H]1C[C@@H]2CN(S(C)(=O)=O)C1. The molecule has 4 rings (SSSR count). The molecule has 0 radical (unpaired) electrons. The molecule has 8 nitrogen and oxygen atoms in total. The number of hydrogen-bond acceptors (Lipinski definition) is 5. The molecule has 2 aromatic heterocycles. The van der Waals surface area contributed by atoms with Gasteiger partial charge in [-0.15, -0.1) is 0 Å². The molecule has 0 spiro atoms. The zero-order valence-electron chi connectivity index (χ0n) is 16.4. The van der Waals surface area contributed by atoms with Gasteiger partial charge in [0, 0.05) is 68.8 Å². The molecule has 4 heterocycles. The van der Waals surface area contributed by atoms with E-state index in [2.05, 4.69) is 9.88 Å². The van der Waals surface area contributed by atoms with E-state index in [4.69, 9.17) is 0 Å². The van der Waals surface area contributed by atoms with E-state index in [9.17, 15) is 13.2 Å². The minimum Gasteiger partial charge on any atom is -0.336 e. The molecule has 0 amide bonds. The van der Waals surface area contributed by atoms with Gasteiger partial charge in [-0.25, -0.2) is 17.7 Å². The highest BCUT2D eigenvalue weighted by atomic mass is 32.2. The van der Waals surface area contributed by atoms with Crippen molar-refractivity contribution in [3.63, 3.8) is 0 Å². The second kappa shape index (κ2) is 7.46. The van der Waals surface area contributed by atoms with Gasteiger partial charge in [-0.1, -0.05) is 6.07 Å². The summed E-state index contributed by atoms with van der Waals surface area (Å²) in [5.41, 5.74) is 1.82. The molecule has 2 atom stereocenters. The lowest BCUT2D eigenvalue weighted by Gasteiger charge is -2.41. The van der Waals surface area contributed by atoms with Gasteiger partial charge in [-0.05, 0) is 25.5 Å². The number of nitrogens with zero attached hydrogens (tertiary/aromatic N) is 5. The number of aromatic nitrogens is 3. The van der Waals surface area contributed by atoms with Gasteiger partial charge in [0.2, 0.25) is 10.0 Å². The number of fused-ring (bicyclic) bond motifs is 4. The first-order valence-corrected chi connectivity index (χ1v) is 11.5. The molecule has 2 aliphatic heterocycles. The zero-order valence-corrected chi connectivity index (χ0v) is 17.2. The number of imidazole rings is 1. The number of pyridine rings is 1. The maximum Gasteiger partial charge on any atom is 0.255 e. The second-order valence-electron chi connectivity index (χ2n) is 8.12. The van der Waals surface area contributed by atoms with Gasteiger partial charge in [0.15, 0.2) is 0 Å². The van der Waals surface area contributed by atoms with Crippen LogP contribution < -0.4 is 5.56 Å². The van der Waals surface area contributed by atoms with E-state index >= 15 is 0 Å². The van der Waals surface area contributed by atoms with Crippen molar-refractivity contribution in [2.75, 3.05) is 32.9 Å². The molecule has 28 heavy (non-hydrogen) atoms. The van der Waals surface area contributed by atoms with Crippen LogP contribution in [0.1, 0.15) is 23.6 Å². The predicted octanol–water partition coefficient (Wildman–Crippen LogP) is 0.556. The Morgan fingerprint density at radius 1 is 1.25 bits per heavy atom. The third-order valence-corrected chi connectivity index (χ3v) is 7.09. The van der Waals surface area contributed by atoms with E-state index in [1.165, 1.54) is 6.26 Å². The number of piperidine rings is 1. The van der Waals surface area contributed by atoms with E-state index in [1.54, 1.807) is 16.8 Å². The normalized spacial score (nSPS) is 22.4. The van der Waals surface area contributed by atoms with Crippen molar-refractivity contribution in [3.05, 3.63) is 52.5 Å². The first-order valence-electron chi connectivity index (χ1n) is 9.63. The van der Waals surface area contributed by atoms with Gasteiger partial charge >= 0.3 is 0 Å². The van der Waals surface area contributed by atoms with Gasteiger partial charge < -0.3 is 14.0 Å². The van der Waals surface area contributed by atoms with Crippen LogP contribution in [0.25, 0.3) is 0 Å². The molecule has 0 aromatic carbocycles. The maximum absolute atomic E-state index is 13.1. The van der Waals surface area contributed by atoms with Crippen LogP contribution in [-0.2, 0) is 29.7 Å². The van der Waals surface area contributed by atoms with Crippen molar-refractivity contribution in [2.24, 2.45) is 5.92 Å². The molecule has 2 bridgehead atoms. The van der Waals surface area contributed by atoms with Gasteiger partial charge in [0.05, 0.1) is 12.6 Å². The van der Waals surface area contributed by atoms with Crippen molar-refractivity contribution < 1.29 is 8.42 Å². The Hall–Kier alpha value is -1.97. The van der Waals surface area contributed by atoms with Gasteiger partial charge in [-0.2, -0.15) is 0 Å². The molecule has 9 heteroatoms. The Kier molecular flexibility index (Phi) is 5.15. The van der Waals surface area contributed by atoms with Crippen LogP contribution in [0.4, 0.5) is 0 Å². The number of hydrogen-bond donors (Lipinski definition) is 0. The summed E-state index contributed by atoms with van der Waals surface area (Å²) in [6.07, 6.45) is 7.71. The molecular weight excluding hydrogens is 378 g/mol. The zero-order chi connectivity index (χ0) is 19.9. The average molecular weight is 406 g/mol. The molecule has 1 fully saturated rings. The lowest BCUT2D eigenvalue weighted by Crippen LogP contribution is -2.49. The van der Waals surface area contributed by atoms with Gasteiger partial charge in [0.25, 0.3) is 5.56 Å². The summed E-state index contributed by atoms with van der Waals surface area (Å²) >= 11 is 0. The van der Waals surface area contributed by atoms with Crippen LogP contribution >= 0.6 is 0 Å². The van der Waals surface area contributed by atoms with Crippen LogP contribution in [0, 0.1) is 5.92 Å². The molecule has 0 N–H and O–H groups in total. The molecule has 2 aromatic rings. The number of likely N-dealkylation sites (N-methyl/N-ethyl adjacent to an activating group) is 1. The second-order valence-corrected chi connectivity index (χ2v) is 10.1. The Bertz CT molecular complexity index is 999. The van der Waals surface area contributed by atoms with Crippen LogP contribution in [0.2, 0.25) is 0 Å². The summed E-state index contributed by atoms with van der Waals surface area (Å²) in [5, 5.41) is 0. The molecule has 0 saturated carbocycles. The van der Waals surface area contributed by atoms with Gasteiger partial charge in [0.1, 0.15) is 0 Å². The predicted molar refractivity (Wildman–Crippen MR) is 107 cm³/mol. The first-order chi connectivity index (χ1) is 13.3. The topological polar surface area (TPSA) is 80.4 Å². The molecule has 0 unspecified atom stereocenters. The maximum atomic E-state index is 13.1. The van der Waals surface area contributed by atoms with Crippen molar-refractivity contribution >= 4 is 10.0 Å². The van der Waals surface area contributed by atoms with Crippen molar-refractivity contribution in [3.8, 4) is 0 Å². The van der Waals surface area contributed by atoms with Crippen LogP contribution in [-0.4, -0.2) is 64.7 Å². The average Bonchev–Trinajstić information content (AvgIpc) is 3.15. The number of rotatable bonds is 6. The van der Waals surface area contributed by atoms with E-state index in [-0.39, 0.29) is 17.4 Å². The quantitative estimate of drug-likeness (QED) is 0.701. The lowest BCUT2D eigenvalue weighted by molar-refractivity contribution is 0.186. The van der Waals surface area contributed by atoms with Crippen LogP contribution in [0.3, 0.4) is 0 Å². The highest BCUT2D eigenvalue weighted by Gasteiger charge is 2.37.